The Labute approximate surface area is 161 Å². The Morgan fingerprint density at radius 1 is 1.11 bits per heavy atom. The number of imidazole rings is 1. The van der Waals surface area contributed by atoms with Gasteiger partial charge in [-0.1, -0.05) is 6.07 Å². The Morgan fingerprint density at radius 2 is 1.93 bits per heavy atom. The number of hydrogen-bond donors (Lipinski definition) is 2. The highest BCUT2D eigenvalue weighted by atomic mass is 16.6. The van der Waals surface area contributed by atoms with Gasteiger partial charge in [0.1, 0.15) is 0 Å². The summed E-state index contributed by atoms with van der Waals surface area (Å²) in [6, 6.07) is 12.9. The lowest BCUT2D eigenvalue weighted by molar-refractivity contribution is 0.0537. The molecule has 0 aliphatic carbocycles. The lowest BCUT2D eigenvalue weighted by Gasteiger charge is -2.11. The SMILES string of the molecule is CONC(=O)c1ccc(C)c(Nc2ccc3ncc(-c4ccncc4)n3n2)c1. The molecule has 0 spiro atoms. The van der Waals surface area contributed by atoms with Gasteiger partial charge < -0.3 is 5.32 Å². The topological polar surface area (TPSA) is 93.4 Å². The van der Waals surface area contributed by atoms with Crippen LogP contribution in [0, 0.1) is 6.92 Å². The monoisotopic (exact) mass is 374 g/mol. The number of hydroxylamine groups is 1. The molecule has 0 atom stereocenters. The van der Waals surface area contributed by atoms with E-state index in [9.17, 15) is 4.79 Å². The fourth-order valence-corrected chi connectivity index (χ4v) is 2.85. The second-order valence-corrected chi connectivity index (χ2v) is 6.16. The van der Waals surface area contributed by atoms with E-state index in [1.807, 2.05) is 37.3 Å². The van der Waals surface area contributed by atoms with Gasteiger partial charge in [-0.05, 0) is 48.9 Å². The molecule has 28 heavy (non-hydrogen) atoms. The van der Waals surface area contributed by atoms with Crippen molar-refractivity contribution in [3.05, 3.63) is 72.2 Å². The zero-order chi connectivity index (χ0) is 19.5. The molecule has 140 valence electrons. The first kappa shape index (κ1) is 17.6. The maximum absolute atomic E-state index is 12.0. The number of nitrogens with zero attached hydrogens (tertiary/aromatic N) is 4. The fourth-order valence-electron chi connectivity index (χ4n) is 2.85. The summed E-state index contributed by atoms with van der Waals surface area (Å²) >= 11 is 0. The lowest BCUT2D eigenvalue weighted by atomic mass is 10.1. The number of nitrogens with one attached hydrogen (secondary N) is 2. The van der Waals surface area contributed by atoms with Gasteiger partial charge in [-0.25, -0.2) is 15.0 Å². The van der Waals surface area contributed by atoms with E-state index in [1.165, 1.54) is 7.11 Å². The molecule has 3 heterocycles. The van der Waals surface area contributed by atoms with Crippen molar-refractivity contribution in [1.82, 2.24) is 25.1 Å². The summed E-state index contributed by atoms with van der Waals surface area (Å²) in [6.07, 6.45) is 5.25. The van der Waals surface area contributed by atoms with Gasteiger partial charge >= 0.3 is 0 Å². The van der Waals surface area contributed by atoms with Gasteiger partial charge in [0.2, 0.25) is 0 Å². The number of carbonyl (C=O) groups excluding carboxylic acids is 1. The molecular weight excluding hydrogens is 356 g/mol. The molecule has 3 aromatic heterocycles. The highest BCUT2D eigenvalue weighted by Gasteiger charge is 2.11. The van der Waals surface area contributed by atoms with Crippen LogP contribution in [0.25, 0.3) is 16.9 Å². The quantitative estimate of drug-likeness (QED) is 0.521. The number of aromatic nitrogens is 4. The molecule has 8 heteroatoms. The summed E-state index contributed by atoms with van der Waals surface area (Å²) in [5.74, 6) is 0.316. The largest absolute Gasteiger partial charge is 0.339 e. The van der Waals surface area contributed by atoms with E-state index in [0.717, 1.165) is 28.2 Å². The molecule has 0 aliphatic rings. The average molecular weight is 374 g/mol. The zero-order valence-electron chi connectivity index (χ0n) is 15.4. The van der Waals surface area contributed by atoms with E-state index >= 15 is 0 Å². The summed E-state index contributed by atoms with van der Waals surface area (Å²) < 4.78 is 1.77. The van der Waals surface area contributed by atoms with Crippen molar-refractivity contribution in [1.29, 1.82) is 0 Å². The third kappa shape index (κ3) is 3.40. The number of rotatable bonds is 5. The third-order valence-corrected chi connectivity index (χ3v) is 4.30. The normalized spacial score (nSPS) is 10.8. The Hall–Kier alpha value is -3.78. The Kier molecular flexibility index (Phi) is 4.69. The summed E-state index contributed by atoms with van der Waals surface area (Å²) in [4.78, 5) is 25.2. The van der Waals surface area contributed by atoms with Crippen LogP contribution in [0.3, 0.4) is 0 Å². The molecular formula is C20H18N6O2. The highest BCUT2D eigenvalue weighted by Crippen LogP contribution is 2.23. The molecule has 8 nitrogen and oxygen atoms in total. The van der Waals surface area contributed by atoms with Crippen molar-refractivity contribution in [2.75, 3.05) is 12.4 Å². The van der Waals surface area contributed by atoms with Crippen LogP contribution in [-0.2, 0) is 4.84 Å². The molecule has 1 aromatic carbocycles. The van der Waals surface area contributed by atoms with Crippen LogP contribution >= 0.6 is 0 Å². The number of aryl methyl sites for hydroxylation is 1. The van der Waals surface area contributed by atoms with E-state index in [1.54, 1.807) is 35.2 Å². The highest BCUT2D eigenvalue weighted by molar-refractivity contribution is 5.94. The van der Waals surface area contributed by atoms with E-state index in [4.69, 9.17) is 4.84 Å². The van der Waals surface area contributed by atoms with Crippen molar-refractivity contribution in [2.24, 2.45) is 0 Å². The average Bonchev–Trinajstić information content (AvgIpc) is 3.14. The molecule has 2 N–H and O–H groups in total. The number of carbonyl (C=O) groups is 1. The van der Waals surface area contributed by atoms with Gasteiger partial charge in [0.25, 0.3) is 5.91 Å². The summed E-state index contributed by atoms with van der Waals surface area (Å²) in [5, 5.41) is 7.93. The molecule has 0 aliphatic heterocycles. The second kappa shape index (κ2) is 7.45. The summed E-state index contributed by atoms with van der Waals surface area (Å²) in [7, 11) is 1.40. The van der Waals surface area contributed by atoms with E-state index in [-0.39, 0.29) is 5.91 Å². The second-order valence-electron chi connectivity index (χ2n) is 6.16. The predicted molar refractivity (Wildman–Crippen MR) is 105 cm³/mol. The Balaban J connectivity index is 1.69. The van der Waals surface area contributed by atoms with E-state index in [2.05, 4.69) is 25.9 Å². The Bertz CT molecular complexity index is 1140. The molecule has 0 bridgehead atoms. The van der Waals surface area contributed by atoms with Crippen LogP contribution in [0.15, 0.2) is 61.1 Å². The summed E-state index contributed by atoms with van der Waals surface area (Å²) in [6.45, 7) is 1.96. The first-order valence-corrected chi connectivity index (χ1v) is 8.62. The molecule has 0 saturated heterocycles. The first-order valence-electron chi connectivity index (χ1n) is 8.62. The number of benzene rings is 1. The van der Waals surface area contributed by atoms with Gasteiger partial charge in [0, 0.05) is 29.2 Å². The van der Waals surface area contributed by atoms with E-state index in [0.29, 0.717) is 11.4 Å². The minimum absolute atomic E-state index is 0.316. The van der Waals surface area contributed by atoms with Crippen LogP contribution in [0.1, 0.15) is 15.9 Å². The maximum atomic E-state index is 12.0. The maximum Gasteiger partial charge on any atom is 0.274 e. The smallest absolute Gasteiger partial charge is 0.274 e. The molecule has 0 radical (unpaired) electrons. The van der Waals surface area contributed by atoms with Crippen molar-refractivity contribution >= 4 is 23.1 Å². The molecule has 1 amide bonds. The number of pyridine rings is 1. The van der Waals surface area contributed by atoms with Crippen molar-refractivity contribution in [3.8, 4) is 11.3 Å². The van der Waals surface area contributed by atoms with Crippen molar-refractivity contribution < 1.29 is 9.63 Å². The van der Waals surface area contributed by atoms with Crippen LogP contribution in [0.2, 0.25) is 0 Å². The molecule has 0 saturated carbocycles. The summed E-state index contributed by atoms with van der Waals surface area (Å²) in [5.41, 5.74) is 7.14. The third-order valence-electron chi connectivity index (χ3n) is 4.30. The standard InChI is InChI=1S/C20H18N6O2/c1-13-3-4-15(20(27)25-28-2)11-16(13)23-18-5-6-19-22-12-17(26(19)24-18)14-7-9-21-10-8-14/h3-12H,1-2H3,(H,23,24)(H,25,27). The lowest BCUT2D eigenvalue weighted by Crippen LogP contribution is -2.21. The number of amides is 1. The number of anilines is 2. The number of hydrogen-bond acceptors (Lipinski definition) is 6. The van der Waals surface area contributed by atoms with Crippen molar-refractivity contribution in [2.45, 2.75) is 6.92 Å². The molecule has 0 fully saturated rings. The minimum atomic E-state index is -0.316. The van der Waals surface area contributed by atoms with Gasteiger partial charge in [-0.3, -0.25) is 14.6 Å². The van der Waals surface area contributed by atoms with Gasteiger partial charge in [0.05, 0.1) is 19.0 Å². The fraction of sp³-hybridized carbons (Fsp3) is 0.100. The number of fused-ring (bicyclic) bond motifs is 1. The first-order chi connectivity index (χ1) is 13.7. The minimum Gasteiger partial charge on any atom is -0.339 e. The van der Waals surface area contributed by atoms with Gasteiger partial charge in [0.15, 0.2) is 11.5 Å². The molecule has 4 rings (SSSR count). The zero-order valence-corrected chi connectivity index (χ0v) is 15.4. The van der Waals surface area contributed by atoms with Crippen LogP contribution < -0.4 is 10.8 Å². The van der Waals surface area contributed by atoms with Crippen LogP contribution in [0.5, 0.6) is 0 Å². The van der Waals surface area contributed by atoms with Gasteiger partial charge in [-0.15, -0.1) is 5.10 Å². The van der Waals surface area contributed by atoms with E-state index < -0.39 is 0 Å². The molecule has 0 unspecified atom stereocenters. The van der Waals surface area contributed by atoms with Crippen molar-refractivity contribution in [3.63, 3.8) is 0 Å². The Morgan fingerprint density at radius 3 is 2.71 bits per heavy atom. The molecule has 4 aromatic rings. The van der Waals surface area contributed by atoms with Crippen LogP contribution in [0.4, 0.5) is 11.5 Å². The predicted octanol–water partition coefficient (Wildman–Crippen LogP) is 3.13. The van der Waals surface area contributed by atoms with Crippen LogP contribution in [-0.4, -0.2) is 32.6 Å². The van der Waals surface area contributed by atoms with Gasteiger partial charge in [-0.2, -0.15) is 0 Å².